The van der Waals surface area contributed by atoms with E-state index in [1.165, 1.54) is 38.5 Å². The molecule has 1 N–H and O–H groups in total. The Morgan fingerprint density at radius 2 is 1.81 bits per heavy atom. The van der Waals surface area contributed by atoms with Gasteiger partial charge in [0, 0.05) is 11.6 Å². The van der Waals surface area contributed by atoms with E-state index in [0.29, 0.717) is 0 Å². The second-order valence-electron chi connectivity index (χ2n) is 6.68. The molecule has 118 valence electrons. The highest BCUT2D eigenvalue weighted by Crippen LogP contribution is 2.33. The molecule has 1 aromatic carbocycles. The minimum atomic E-state index is -0.0351. The summed E-state index contributed by atoms with van der Waals surface area (Å²) in [7, 11) is 0. The van der Waals surface area contributed by atoms with Crippen molar-refractivity contribution in [3.8, 4) is 0 Å². The van der Waals surface area contributed by atoms with E-state index < -0.39 is 0 Å². The van der Waals surface area contributed by atoms with Crippen molar-refractivity contribution in [2.75, 3.05) is 6.54 Å². The standard InChI is InChI=1S/C19H30FN/c1-4-21-18(13-16-9-7-5-6-8-10-16)19-15(3)11-14(2)12-17(19)20/h11-12,16,18,21H,4-10,13H2,1-3H3. The maximum atomic E-state index is 14.5. The smallest absolute Gasteiger partial charge is 0.128 e. The Morgan fingerprint density at radius 3 is 2.38 bits per heavy atom. The molecule has 0 aliphatic heterocycles. The SMILES string of the molecule is CCNC(CC1CCCCCC1)c1c(C)cc(C)cc1F. The van der Waals surface area contributed by atoms with Gasteiger partial charge in [0.1, 0.15) is 5.82 Å². The summed E-state index contributed by atoms with van der Waals surface area (Å²) in [6.45, 7) is 7.02. The molecule has 0 bridgehead atoms. The van der Waals surface area contributed by atoms with Crippen LogP contribution in [0.5, 0.6) is 0 Å². The van der Waals surface area contributed by atoms with Gasteiger partial charge in [-0.1, -0.05) is 51.5 Å². The van der Waals surface area contributed by atoms with Crippen LogP contribution in [0.25, 0.3) is 0 Å². The molecule has 0 radical (unpaired) electrons. The first-order valence-corrected chi connectivity index (χ1v) is 8.61. The highest BCUT2D eigenvalue weighted by atomic mass is 19.1. The predicted octanol–water partition coefficient (Wildman–Crippen LogP) is 5.45. The molecule has 1 aliphatic carbocycles. The third kappa shape index (κ3) is 4.54. The van der Waals surface area contributed by atoms with E-state index >= 15 is 0 Å². The van der Waals surface area contributed by atoms with E-state index in [2.05, 4.69) is 18.3 Å². The van der Waals surface area contributed by atoms with Crippen molar-refractivity contribution in [3.05, 3.63) is 34.6 Å². The van der Waals surface area contributed by atoms with Gasteiger partial charge < -0.3 is 5.32 Å². The summed E-state index contributed by atoms with van der Waals surface area (Å²) < 4.78 is 14.5. The summed E-state index contributed by atoms with van der Waals surface area (Å²) >= 11 is 0. The van der Waals surface area contributed by atoms with Crippen LogP contribution < -0.4 is 5.32 Å². The monoisotopic (exact) mass is 291 g/mol. The maximum Gasteiger partial charge on any atom is 0.128 e. The molecule has 1 fully saturated rings. The number of rotatable bonds is 5. The second kappa shape index (κ2) is 7.93. The summed E-state index contributed by atoms with van der Waals surface area (Å²) in [4.78, 5) is 0. The molecule has 1 nitrogen and oxygen atoms in total. The molecule has 1 unspecified atom stereocenters. The number of nitrogens with one attached hydrogen (secondary N) is 1. The van der Waals surface area contributed by atoms with Gasteiger partial charge in [-0.05, 0) is 49.9 Å². The fourth-order valence-electron chi connectivity index (χ4n) is 3.85. The average molecular weight is 291 g/mol. The molecule has 2 heteroatoms. The first-order valence-electron chi connectivity index (χ1n) is 8.61. The van der Waals surface area contributed by atoms with Crippen LogP contribution in [0.2, 0.25) is 0 Å². The Hall–Kier alpha value is -0.890. The maximum absolute atomic E-state index is 14.5. The van der Waals surface area contributed by atoms with Crippen molar-refractivity contribution in [2.24, 2.45) is 5.92 Å². The van der Waals surface area contributed by atoms with E-state index in [-0.39, 0.29) is 11.9 Å². The van der Waals surface area contributed by atoms with Gasteiger partial charge >= 0.3 is 0 Å². The molecule has 1 aromatic rings. The van der Waals surface area contributed by atoms with Gasteiger partial charge in [-0.2, -0.15) is 0 Å². The first kappa shape index (κ1) is 16.5. The molecule has 1 saturated carbocycles. The zero-order valence-corrected chi connectivity index (χ0v) is 13.8. The lowest BCUT2D eigenvalue weighted by molar-refractivity contribution is 0.352. The van der Waals surface area contributed by atoms with Crippen LogP contribution in [0.3, 0.4) is 0 Å². The molecule has 0 saturated heterocycles. The van der Waals surface area contributed by atoms with Gasteiger partial charge in [0.15, 0.2) is 0 Å². The average Bonchev–Trinajstić information content (AvgIpc) is 2.66. The van der Waals surface area contributed by atoms with Crippen molar-refractivity contribution in [2.45, 2.75) is 71.8 Å². The van der Waals surface area contributed by atoms with Crippen molar-refractivity contribution >= 4 is 0 Å². The van der Waals surface area contributed by atoms with Crippen molar-refractivity contribution < 1.29 is 4.39 Å². The van der Waals surface area contributed by atoms with Gasteiger partial charge in [0.25, 0.3) is 0 Å². The highest BCUT2D eigenvalue weighted by Gasteiger charge is 2.22. The fourth-order valence-corrected chi connectivity index (χ4v) is 3.85. The van der Waals surface area contributed by atoms with E-state index in [4.69, 9.17) is 0 Å². The largest absolute Gasteiger partial charge is 0.310 e. The molecular formula is C19H30FN. The second-order valence-corrected chi connectivity index (χ2v) is 6.68. The Balaban J connectivity index is 2.18. The number of aryl methyl sites for hydroxylation is 2. The minimum Gasteiger partial charge on any atom is -0.310 e. The van der Waals surface area contributed by atoms with Crippen LogP contribution in [-0.2, 0) is 0 Å². The van der Waals surface area contributed by atoms with Crippen LogP contribution >= 0.6 is 0 Å². The normalized spacial score (nSPS) is 18.5. The van der Waals surface area contributed by atoms with Gasteiger partial charge in [-0.15, -0.1) is 0 Å². The van der Waals surface area contributed by atoms with Crippen LogP contribution in [0.4, 0.5) is 4.39 Å². The van der Waals surface area contributed by atoms with Gasteiger partial charge in [-0.3, -0.25) is 0 Å². The van der Waals surface area contributed by atoms with E-state index in [0.717, 1.165) is 35.6 Å². The minimum absolute atomic E-state index is 0.0351. The number of benzene rings is 1. The highest BCUT2D eigenvalue weighted by molar-refractivity contribution is 5.34. The van der Waals surface area contributed by atoms with E-state index in [1.807, 2.05) is 13.8 Å². The molecule has 21 heavy (non-hydrogen) atoms. The summed E-state index contributed by atoms with van der Waals surface area (Å²) in [5.74, 6) is 0.712. The summed E-state index contributed by atoms with van der Waals surface area (Å²) in [6, 6.07) is 3.95. The van der Waals surface area contributed by atoms with Crippen LogP contribution in [-0.4, -0.2) is 6.54 Å². The zero-order chi connectivity index (χ0) is 15.2. The van der Waals surface area contributed by atoms with Crippen LogP contribution in [0.1, 0.15) is 74.6 Å². The first-order chi connectivity index (χ1) is 10.1. The Labute approximate surface area is 129 Å². The molecule has 2 rings (SSSR count). The lowest BCUT2D eigenvalue weighted by atomic mass is 9.87. The quantitative estimate of drug-likeness (QED) is 0.711. The summed E-state index contributed by atoms with van der Waals surface area (Å²) in [5, 5.41) is 3.53. The molecule has 0 aromatic heterocycles. The summed E-state index contributed by atoms with van der Waals surface area (Å²) in [6.07, 6.45) is 9.15. The van der Waals surface area contributed by atoms with Gasteiger partial charge in [0.05, 0.1) is 0 Å². The molecule has 1 atom stereocenters. The Morgan fingerprint density at radius 1 is 1.14 bits per heavy atom. The molecular weight excluding hydrogens is 261 g/mol. The Bertz CT molecular complexity index is 424. The topological polar surface area (TPSA) is 12.0 Å². The number of hydrogen-bond donors (Lipinski definition) is 1. The van der Waals surface area contributed by atoms with Crippen molar-refractivity contribution in [1.29, 1.82) is 0 Å². The predicted molar refractivity (Wildman–Crippen MR) is 88.1 cm³/mol. The lowest BCUT2D eigenvalue weighted by Gasteiger charge is -2.26. The number of hydrogen-bond acceptors (Lipinski definition) is 1. The molecule has 0 amide bonds. The molecule has 0 spiro atoms. The van der Waals surface area contributed by atoms with E-state index in [9.17, 15) is 4.39 Å². The Kier molecular flexibility index (Phi) is 6.22. The van der Waals surface area contributed by atoms with Gasteiger partial charge in [-0.25, -0.2) is 4.39 Å². The number of halogens is 1. The fraction of sp³-hybridized carbons (Fsp3) is 0.684. The van der Waals surface area contributed by atoms with Gasteiger partial charge in [0.2, 0.25) is 0 Å². The van der Waals surface area contributed by atoms with Crippen molar-refractivity contribution in [3.63, 3.8) is 0 Å². The molecule has 1 aliphatic rings. The third-order valence-corrected chi connectivity index (χ3v) is 4.82. The zero-order valence-electron chi connectivity index (χ0n) is 13.8. The van der Waals surface area contributed by atoms with Crippen molar-refractivity contribution in [1.82, 2.24) is 5.32 Å². The van der Waals surface area contributed by atoms with Crippen LogP contribution in [0.15, 0.2) is 12.1 Å². The van der Waals surface area contributed by atoms with Crippen LogP contribution in [0, 0.1) is 25.6 Å². The lowest BCUT2D eigenvalue weighted by Crippen LogP contribution is -2.25. The molecule has 0 heterocycles. The third-order valence-electron chi connectivity index (χ3n) is 4.82. The van der Waals surface area contributed by atoms with E-state index in [1.54, 1.807) is 6.07 Å². The summed E-state index contributed by atoms with van der Waals surface area (Å²) in [5.41, 5.74) is 3.00.